The highest BCUT2D eigenvalue weighted by atomic mass is 35.5. The van der Waals surface area contributed by atoms with Gasteiger partial charge in [0.15, 0.2) is 0 Å². The van der Waals surface area contributed by atoms with Crippen molar-refractivity contribution in [3.8, 4) is 0 Å². The lowest BCUT2D eigenvalue weighted by Gasteiger charge is -2.33. The first-order valence-corrected chi connectivity index (χ1v) is 7.68. The van der Waals surface area contributed by atoms with Crippen LogP contribution in [0.3, 0.4) is 0 Å². The fourth-order valence-electron chi connectivity index (χ4n) is 2.93. The van der Waals surface area contributed by atoms with Crippen LogP contribution in [0.5, 0.6) is 0 Å². The summed E-state index contributed by atoms with van der Waals surface area (Å²) in [5, 5.41) is 3.58. The molecule has 134 valence electrons. The topological polar surface area (TPSA) is 41.3 Å². The van der Waals surface area contributed by atoms with Crippen molar-refractivity contribution in [3.63, 3.8) is 0 Å². The van der Waals surface area contributed by atoms with Crippen LogP contribution in [0, 0.1) is 0 Å². The molecule has 0 saturated carbocycles. The van der Waals surface area contributed by atoms with E-state index in [-0.39, 0.29) is 37.2 Å². The van der Waals surface area contributed by atoms with Gasteiger partial charge in [0.2, 0.25) is 0 Å². The molecule has 0 aromatic heterocycles. The van der Waals surface area contributed by atoms with Gasteiger partial charge in [0.1, 0.15) is 0 Å². The highest BCUT2D eigenvalue weighted by molar-refractivity contribution is 5.86. The van der Waals surface area contributed by atoms with Crippen molar-refractivity contribution < 1.29 is 0 Å². The van der Waals surface area contributed by atoms with E-state index in [1.54, 1.807) is 0 Å². The molecule has 2 aromatic rings. The van der Waals surface area contributed by atoms with Crippen molar-refractivity contribution in [1.29, 1.82) is 0 Å². The Bertz CT molecular complexity index is 573. The number of rotatable bonds is 4. The van der Waals surface area contributed by atoms with Gasteiger partial charge in [0.25, 0.3) is 0 Å². The number of para-hydroxylation sites is 2. The molecular weight excluding hydrogens is 365 g/mol. The largest absolute Gasteiger partial charge is 0.397 e. The third kappa shape index (κ3) is 6.40. The van der Waals surface area contributed by atoms with Crippen LogP contribution in [0.1, 0.15) is 18.4 Å². The quantitative estimate of drug-likeness (QED) is 0.749. The number of nitrogen functional groups attached to an aromatic ring is 1. The summed E-state index contributed by atoms with van der Waals surface area (Å²) in [6, 6.07) is 19.3. The molecule has 1 aliphatic rings. The second-order valence-corrected chi connectivity index (χ2v) is 5.77. The first-order chi connectivity index (χ1) is 10.3. The van der Waals surface area contributed by atoms with E-state index in [1.165, 1.54) is 18.4 Å². The fourth-order valence-corrected chi connectivity index (χ4v) is 2.93. The second-order valence-electron chi connectivity index (χ2n) is 5.77. The van der Waals surface area contributed by atoms with Gasteiger partial charge >= 0.3 is 0 Å². The number of anilines is 2. The van der Waals surface area contributed by atoms with Crippen LogP contribution in [0.4, 0.5) is 11.4 Å². The second kappa shape index (κ2) is 11.4. The maximum atomic E-state index is 5.99. The number of nitrogens with two attached hydrogens (primary N) is 1. The van der Waals surface area contributed by atoms with Crippen molar-refractivity contribution in [2.75, 3.05) is 24.1 Å². The van der Waals surface area contributed by atoms with Crippen molar-refractivity contribution in [2.45, 2.75) is 25.4 Å². The minimum Gasteiger partial charge on any atom is -0.397 e. The number of likely N-dealkylation sites (tertiary alicyclic amines) is 1. The van der Waals surface area contributed by atoms with Crippen LogP contribution < -0.4 is 11.1 Å². The number of halogens is 3. The summed E-state index contributed by atoms with van der Waals surface area (Å²) in [5.74, 6) is 0. The molecule has 3 rings (SSSR count). The Labute approximate surface area is 163 Å². The molecule has 0 amide bonds. The van der Waals surface area contributed by atoms with Crippen LogP contribution >= 0.6 is 37.2 Å². The molecule has 1 aliphatic heterocycles. The molecule has 0 bridgehead atoms. The van der Waals surface area contributed by atoms with Gasteiger partial charge in [0, 0.05) is 25.7 Å². The Morgan fingerprint density at radius 2 is 1.46 bits per heavy atom. The number of nitrogens with one attached hydrogen (secondary N) is 1. The summed E-state index contributed by atoms with van der Waals surface area (Å²) in [6.07, 6.45) is 2.34. The molecule has 1 fully saturated rings. The van der Waals surface area contributed by atoms with Gasteiger partial charge < -0.3 is 11.1 Å². The van der Waals surface area contributed by atoms with Crippen LogP contribution in [0.25, 0.3) is 0 Å². The first kappa shape index (κ1) is 22.9. The predicted molar refractivity (Wildman–Crippen MR) is 111 cm³/mol. The predicted octanol–water partition coefficient (Wildman–Crippen LogP) is 4.61. The molecule has 0 aliphatic carbocycles. The average molecular weight is 391 g/mol. The van der Waals surface area contributed by atoms with E-state index in [0.717, 1.165) is 31.0 Å². The van der Waals surface area contributed by atoms with Crippen molar-refractivity contribution in [1.82, 2.24) is 4.90 Å². The molecule has 1 saturated heterocycles. The number of piperidine rings is 1. The minimum absolute atomic E-state index is 0. The maximum Gasteiger partial charge on any atom is 0.0576 e. The van der Waals surface area contributed by atoms with Crippen LogP contribution in [0.2, 0.25) is 0 Å². The van der Waals surface area contributed by atoms with Crippen LogP contribution in [-0.2, 0) is 6.54 Å². The molecule has 3 N–H and O–H groups in total. The van der Waals surface area contributed by atoms with Gasteiger partial charge in [-0.2, -0.15) is 0 Å². The zero-order valence-electron chi connectivity index (χ0n) is 13.6. The molecule has 3 nitrogen and oxygen atoms in total. The first-order valence-electron chi connectivity index (χ1n) is 7.68. The smallest absolute Gasteiger partial charge is 0.0576 e. The van der Waals surface area contributed by atoms with Gasteiger partial charge in [-0.1, -0.05) is 42.5 Å². The lowest BCUT2D eigenvalue weighted by Crippen LogP contribution is -2.38. The van der Waals surface area contributed by atoms with Gasteiger partial charge in [-0.25, -0.2) is 0 Å². The molecule has 0 unspecified atom stereocenters. The van der Waals surface area contributed by atoms with E-state index in [1.807, 2.05) is 18.2 Å². The average Bonchev–Trinajstić information content (AvgIpc) is 2.52. The molecule has 0 radical (unpaired) electrons. The van der Waals surface area contributed by atoms with Crippen molar-refractivity contribution >= 4 is 48.6 Å². The highest BCUT2D eigenvalue weighted by Gasteiger charge is 2.19. The number of benzene rings is 2. The van der Waals surface area contributed by atoms with E-state index in [4.69, 9.17) is 5.73 Å². The summed E-state index contributed by atoms with van der Waals surface area (Å²) in [4.78, 5) is 2.53. The van der Waals surface area contributed by atoms with Crippen LogP contribution in [-0.4, -0.2) is 24.0 Å². The fraction of sp³-hybridized carbons (Fsp3) is 0.333. The van der Waals surface area contributed by atoms with Gasteiger partial charge in [-0.05, 0) is 30.5 Å². The van der Waals surface area contributed by atoms with E-state index in [2.05, 4.69) is 46.6 Å². The summed E-state index contributed by atoms with van der Waals surface area (Å²) in [7, 11) is 0. The lowest BCUT2D eigenvalue weighted by molar-refractivity contribution is 0.211. The maximum absolute atomic E-state index is 5.99. The van der Waals surface area contributed by atoms with Gasteiger partial charge in [0.05, 0.1) is 11.4 Å². The molecule has 2 aromatic carbocycles. The lowest BCUT2D eigenvalue weighted by atomic mass is 10.0. The van der Waals surface area contributed by atoms with E-state index >= 15 is 0 Å². The number of hydrogen-bond acceptors (Lipinski definition) is 3. The molecule has 1 heterocycles. The van der Waals surface area contributed by atoms with Crippen molar-refractivity contribution in [2.24, 2.45) is 0 Å². The molecular formula is C18H26Cl3N3. The zero-order valence-corrected chi connectivity index (χ0v) is 16.0. The summed E-state index contributed by atoms with van der Waals surface area (Å²) < 4.78 is 0. The summed E-state index contributed by atoms with van der Waals surface area (Å²) in [5.41, 5.74) is 9.30. The Morgan fingerprint density at radius 3 is 2.08 bits per heavy atom. The summed E-state index contributed by atoms with van der Waals surface area (Å²) in [6.45, 7) is 3.33. The third-order valence-electron chi connectivity index (χ3n) is 4.16. The Kier molecular flexibility index (Phi) is 10.9. The van der Waals surface area contributed by atoms with Gasteiger partial charge in [-0.15, -0.1) is 37.2 Å². The van der Waals surface area contributed by atoms with E-state index < -0.39 is 0 Å². The van der Waals surface area contributed by atoms with E-state index in [0.29, 0.717) is 6.04 Å². The Morgan fingerprint density at radius 1 is 0.875 bits per heavy atom. The highest BCUT2D eigenvalue weighted by Crippen LogP contribution is 2.22. The standard InChI is InChI=1S/C18H23N3.3ClH/c19-17-8-4-5-9-18(17)20-16-10-12-21(13-11-16)14-15-6-2-1-3-7-15;;;/h1-9,16,20H,10-14,19H2;3*1H. The van der Waals surface area contributed by atoms with Crippen molar-refractivity contribution in [3.05, 3.63) is 60.2 Å². The normalized spacial score (nSPS) is 14.7. The monoisotopic (exact) mass is 389 g/mol. The van der Waals surface area contributed by atoms with Gasteiger partial charge in [-0.3, -0.25) is 4.90 Å². The van der Waals surface area contributed by atoms with E-state index in [9.17, 15) is 0 Å². The number of nitrogens with zero attached hydrogens (tertiary/aromatic N) is 1. The Hall–Kier alpha value is -1.13. The third-order valence-corrected chi connectivity index (χ3v) is 4.16. The molecule has 6 heteroatoms. The molecule has 0 atom stereocenters. The molecule has 0 spiro atoms. The zero-order chi connectivity index (χ0) is 14.5. The summed E-state index contributed by atoms with van der Waals surface area (Å²) >= 11 is 0. The minimum atomic E-state index is 0. The number of hydrogen-bond donors (Lipinski definition) is 2. The van der Waals surface area contributed by atoms with Crippen LogP contribution in [0.15, 0.2) is 54.6 Å². The molecule has 24 heavy (non-hydrogen) atoms. The SMILES string of the molecule is Cl.Cl.Cl.Nc1ccccc1NC1CCN(Cc2ccccc2)CC1. The Balaban J connectivity index is 0.00000176.